The van der Waals surface area contributed by atoms with Crippen LogP contribution in [0.3, 0.4) is 0 Å². The van der Waals surface area contributed by atoms with E-state index in [2.05, 4.69) is 37.3 Å². The molecule has 0 unspecified atom stereocenters. The first-order chi connectivity index (χ1) is 8.06. The standard InChI is InChI=1S/C10H10BrClN4S/c1-16(4-6-2-8(11)17-5-6)9-7(12)3-14-10(13)15-9/h2-3,5H,4H2,1H3,(H2,13,14,15). The van der Waals surface area contributed by atoms with Crippen molar-refractivity contribution in [2.45, 2.75) is 6.54 Å². The van der Waals surface area contributed by atoms with Gasteiger partial charge in [-0.05, 0) is 32.9 Å². The third-order valence-corrected chi connectivity index (χ3v) is 3.97. The summed E-state index contributed by atoms with van der Waals surface area (Å²) < 4.78 is 1.11. The fraction of sp³-hybridized carbons (Fsp3) is 0.200. The molecule has 4 nitrogen and oxygen atoms in total. The Hall–Kier alpha value is -0.850. The number of hydrogen-bond donors (Lipinski definition) is 1. The first kappa shape index (κ1) is 12.6. The molecule has 90 valence electrons. The number of halogens is 2. The Morgan fingerprint density at radius 1 is 1.59 bits per heavy atom. The zero-order valence-corrected chi connectivity index (χ0v) is 12.2. The van der Waals surface area contributed by atoms with Crippen molar-refractivity contribution in [1.29, 1.82) is 0 Å². The molecule has 0 fully saturated rings. The van der Waals surface area contributed by atoms with Crippen LogP contribution in [-0.2, 0) is 6.54 Å². The van der Waals surface area contributed by atoms with Gasteiger partial charge < -0.3 is 10.6 Å². The van der Waals surface area contributed by atoms with E-state index in [0.717, 1.165) is 10.3 Å². The van der Waals surface area contributed by atoms with Gasteiger partial charge in [0.05, 0.1) is 9.98 Å². The van der Waals surface area contributed by atoms with E-state index in [1.807, 2.05) is 11.9 Å². The number of thiophene rings is 1. The molecule has 17 heavy (non-hydrogen) atoms. The van der Waals surface area contributed by atoms with Crippen molar-refractivity contribution in [3.8, 4) is 0 Å². The van der Waals surface area contributed by atoms with Crippen molar-refractivity contribution in [2.75, 3.05) is 17.7 Å². The normalized spacial score (nSPS) is 10.5. The first-order valence-corrected chi connectivity index (χ1v) is 6.83. The average molecular weight is 334 g/mol. The zero-order chi connectivity index (χ0) is 12.4. The van der Waals surface area contributed by atoms with E-state index >= 15 is 0 Å². The second kappa shape index (κ2) is 5.20. The predicted molar refractivity (Wildman–Crippen MR) is 75.6 cm³/mol. The number of nitrogen functional groups attached to an aromatic ring is 1. The largest absolute Gasteiger partial charge is 0.368 e. The zero-order valence-electron chi connectivity index (χ0n) is 9.02. The predicted octanol–water partition coefficient (Wildman–Crippen LogP) is 3.17. The minimum atomic E-state index is 0.225. The van der Waals surface area contributed by atoms with Gasteiger partial charge in [0.2, 0.25) is 5.95 Å². The number of aromatic nitrogens is 2. The molecule has 0 bridgehead atoms. The lowest BCUT2D eigenvalue weighted by Gasteiger charge is -2.18. The van der Waals surface area contributed by atoms with Crippen LogP contribution >= 0.6 is 38.9 Å². The molecule has 2 aromatic rings. The first-order valence-electron chi connectivity index (χ1n) is 4.78. The van der Waals surface area contributed by atoms with Crippen LogP contribution in [0.15, 0.2) is 21.4 Å². The third-order valence-electron chi connectivity index (χ3n) is 2.15. The van der Waals surface area contributed by atoms with E-state index in [-0.39, 0.29) is 5.95 Å². The molecule has 2 rings (SSSR count). The fourth-order valence-electron chi connectivity index (χ4n) is 1.42. The molecule has 2 N–H and O–H groups in total. The summed E-state index contributed by atoms with van der Waals surface area (Å²) in [5, 5.41) is 2.58. The van der Waals surface area contributed by atoms with Crippen molar-refractivity contribution in [2.24, 2.45) is 0 Å². The van der Waals surface area contributed by atoms with Crippen molar-refractivity contribution < 1.29 is 0 Å². The second-order valence-corrected chi connectivity index (χ2v) is 6.21. The Bertz CT molecular complexity index is 531. The van der Waals surface area contributed by atoms with Crippen LogP contribution in [-0.4, -0.2) is 17.0 Å². The van der Waals surface area contributed by atoms with Gasteiger partial charge in [0.15, 0.2) is 5.82 Å². The van der Waals surface area contributed by atoms with Crippen LogP contribution < -0.4 is 10.6 Å². The average Bonchev–Trinajstić information content (AvgIpc) is 2.67. The van der Waals surface area contributed by atoms with Gasteiger partial charge in [-0.25, -0.2) is 4.98 Å². The summed E-state index contributed by atoms with van der Waals surface area (Å²) in [4.78, 5) is 9.90. The van der Waals surface area contributed by atoms with E-state index in [4.69, 9.17) is 17.3 Å². The van der Waals surface area contributed by atoms with Crippen molar-refractivity contribution in [1.82, 2.24) is 9.97 Å². The Morgan fingerprint density at radius 3 is 3.00 bits per heavy atom. The molecule has 0 saturated carbocycles. The Morgan fingerprint density at radius 2 is 2.35 bits per heavy atom. The van der Waals surface area contributed by atoms with E-state index in [9.17, 15) is 0 Å². The van der Waals surface area contributed by atoms with Crippen LogP contribution in [0.4, 0.5) is 11.8 Å². The number of nitrogens with zero attached hydrogens (tertiary/aromatic N) is 3. The molecule has 0 aromatic carbocycles. The summed E-state index contributed by atoms with van der Waals surface area (Å²) in [5.41, 5.74) is 6.74. The summed E-state index contributed by atoms with van der Waals surface area (Å²) in [6, 6.07) is 2.07. The number of nitrogens with two attached hydrogens (primary N) is 1. The van der Waals surface area contributed by atoms with Gasteiger partial charge in [-0.1, -0.05) is 11.6 Å². The Balaban J connectivity index is 2.19. The maximum Gasteiger partial charge on any atom is 0.222 e. The quantitative estimate of drug-likeness (QED) is 0.937. The fourth-order valence-corrected chi connectivity index (χ4v) is 2.85. The molecule has 2 aromatic heterocycles. The highest BCUT2D eigenvalue weighted by Gasteiger charge is 2.10. The molecule has 0 saturated heterocycles. The SMILES string of the molecule is CN(Cc1csc(Br)c1)c1nc(N)ncc1Cl. The topological polar surface area (TPSA) is 55.0 Å². The molecule has 0 aliphatic carbocycles. The molecule has 0 atom stereocenters. The van der Waals surface area contributed by atoms with Gasteiger partial charge in [0.1, 0.15) is 5.02 Å². The highest BCUT2D eigenvalue weighted by molar-refractivity contribution is 9.11. The van der Waals surface area contributed by atoms with Crippen LogP contribution in [0.25, 0.3) is 0 Å². The van der Waals surface area contributed by atoms with E-state index in [1.165, 1.54) is 11.8 Å². The monoisotopic (exact) mass is 332 g/mol. The Labute approximate surface area is 117 Å². The maximum absolute atomic E-state index is 6.03. The molecule has 0 aliphatic rings. The van der Waals surface area contributed by atoms with E-state index in [0.29, 0.717) is 10.8 Å². The molecule has 7 heteroatoms. The molecule has 0 spiro atoms. The lowest BCUT2D eigenvalue weighted by molar-refractivity contribution is 0.897. The van der Waals surface area contributed by atoms with Gasteiger partial charge in [-0.3, -0.25) is 0 Å². The Kier molecular flexibility index (Phi) is 3.86. The minimum Gasteiger partial charge on any atom is -0.368 e. The molecule has 0 amide bonds. The molecule has 0 aliphatic heterocycles. The molecule has 0 radical (unpaired) electrons. The van der Waals surface area contributed by atoms with Gasteiger partial charge in [0, 0.05) is 13.6 Å². The second-order valence-electron chi connectivity index (χ2n) is 3.51. The summed E-state index contributed by atoms with van der Waals surface area (Å²) in [6.45, 7) is 0.721. The van der Waals surface area contributed by atoms with Crippen molar-refractivity contribution in [3.63, 3.8) is 0 Å². The van der Waals surface area contributed by atoms with Gasteiger partial charge in [-0.2, -0.15) is 4.98 Å². The molecular weight excluding hydrogens is 324 g/mol. The van der Waals surface area contributed by atoms with E-state index < -0.39 is 0 Å². The summed E-state index contributed by atoms with van der Waals surface area (Å²) in [6.07, 6.45) is 1.51. The van der Waals surface area contributed by atoms with Crippen molar-refractivity contribution >= 4 is 50.6 Å². The summed E-state index contributed by atoms with van der Waals surface area (Å²) in [5.74, 6) is 0.865. The highest BCUT2D eigenvalue weighted by Crippen LogP contribution is 2.26. The number of hydrogen-bond acceptors (Lipinski definition) is 5. The maximum atomic E-state index is 6.03. The minimum absolute atomic E-state index is 0.225. The van der Waals surface area contributed by atoms with Crippen LogP contribution in [0, 0.1) is 0 Å². The molecule has 2 heterocycles. The number of rotatable bonds is 3. The van der Waals surface area contributed by atoms with E-state index in [1.54, 1.807) is 11.3 Å². The lowest BCUT2D eigenvalue weighted by atomic mass is 10.3. The van der Waals surface area contributed by atoms with Gasteiger partial charge in [-0.15, -0.1) is 11.3 Å². The summed E-state index contributed by atoms with van der Waals surface area (Å²) >= 11 is 11.1. The van der Waals surface area contributed by atoms with Gasteiger partial charge >= 0.3 is 0 Å². The van der Waals surface area contributed by atoms with Crippen LogP contribution in [0.2, 0.25) is 5.02 Å². The van der Waals surface area contributed by atoms with Crippen molar-refractivity contribution in [3.05, 3.63) is 32.0 Å². The number of anilines is 2. The van der Waals surface area contributed by atoms with Crippen LogP contribution in [0.1, 0.15) is 5.56 Å². The smallest absolute Gasteiger partial charge is 0.222 e. The molecular formula is C10H10BrClN4S. The summed E-state index contributed by atoms with van der Waals surface area (Å²) in [7, 11) is 1.92. The third kappa shape index (κ3) is 3.08. The van der Waals surface area contributed by atoms with Crippen LogP contribution in [0.5, 0.6) is 0 Å². The van der Waals surface area contributed by atoms with Gasteiger partial charge in [0.25, 0.3) is 0 Å². The lowest BCUT2D eigenvalue weighted by Crippen LogP contribution is -2.18. The highest BCUT2D eigenvalue weighted by atomic mass is 79.9.